The molecule has 2 aromatic rings. The summed E-state index contributed by atoms with van der Waals surface area (Å²) in [7, 11) is 0. The van der Waals surface area contributed by atoms with E-state index in [1.807, 2.05) is 13.8 Å². The van der Waals surface area contributed by atoms with E-state index in [1.165, 1.54) is 30.3 Å². The van der Waals surface area contributed by atoms with Crippen molar-refractivity contribution >= 4 is 17.7 Å². The highest BCUT2D eigenvalue weighted by atomic mass is 32.2. The second-order valence-electron chi connectivity index (χ2n) is 6.40. The molecule has 1 aliphatic heterocycles. The minimum Gasteiger partial charge on any atom is -0.349 e. The lowest BCUT2D eigenvalue weighted by Gasteiger charge is -2.18. The molecule has 1 N–H and O–H groups in total. The first-order valence-electron chi connectivity index (χ1n) is 8.69. The molecule has 1 amide bonds. The zero-order chi connectivity index (χ0) is 17.8. The molecule has 0 saturated carbocycles. The van der Waals surface area contributed by atoms with Crippen molar-refractivity contribution in [2.75, 3.05) is 0 Å². The third-order valence-corrected chi connectivity index (χ3v) is 5.54. The summed E-state index contributed by atoms with van der Waals surface area (Å²) >= 11 is 1.44. The molecule has 134 valence electrons. The van der Waals surface area contributed by atoms with Crippen molar-refractivity contribution in [3.05, 3.63) is 41.5 Å². The average molecular weight is 362 g/mol. The van der Waals surface area contributed by atoms with Crippen molar-refractivity contribution < 1.29 is 9.18 Å². The Balaban J connectivity index is 1.61. The minimum atomic E-state index is -0.279. The largest absolute Gasteiger partial charge is 0.349 e. The zero-order valence-electron chi connectivity index (χ0n) is 14.5. The molecule has 0 fully saturated rings. The van der Waals surface area contributed by atoms with Crippen molar-refractivity contribution in [3.63, 3.8) is 0 Å². The van der Waals surface area contributed by atoms with Gasteiger partial charge in [0.1, 0.15) is 11.6 Å². The maximum atomic E-state index is 13.0. The van der Waals surface area contributed by atoms with E-state index in [9.17, 15) is 9.18 Å². The number of nitrogens with zero attached hydrogens (tertiary/aromatic N) is 3. The van der Waals surface area contributed by atoms with Gasteiger partial charge < -0.3 is 9.88 Å². The van der Waals surface area contributed by atoms with Crippen LogP contribution in [0, 0.1) is 5.82 Å². The summed E-state index contributed by atoms with van der Waals surface area (Å²) < 4.78 is 15.2. The summed E-state index contributed by atoms with van der Waals surface area (Å²) in [4.78, 5) is 12.5. The highest BCUT2D eigenvalue weighted by Crippen LogP contribution is 2.26. The third-order valence-electron chi connectivity index (χ3n) is 4.46. The molecule has 1 aromatic heterocycles. The summed E-state index contributed by atoms with van der Waals surface area (Å²) in [5.41, 5.74) is 0.878. The number of aromatic nitrogens is 3. The maximum absolute atomic E-state index is 13.0. The van der Waals surface area contributed by atoms with E-state index in [-0.39, 0.29) is 23.0 Å². The number of nitrogens with one attached hydrogen (secondary N) is 1. The van der Waals surface area contributed by atoms with Gasteiger partial charge in [0.25, 0.3) is 0 Å². The summed E-state index contributed by atoms with van der Waals surface area (Å²) in [6, 6.07) is 6.02. The molecule has 7 heteroatoms. The molecule has 0 unspecified atom stereocenters. The lowest BCUT2D eigenvalue weighted by Crippen LogP contribution is -2.33. The van der Waals surface area contributed by atoms with Gasteiger partial charge in [-0.05, 0) is 44.4 Å². The Morgan fingerprint density at radius 1 is 1.20 bits per heavy atom. The molecule has 0 saturated heterocycles. The van der Waals surface area contributed by atoms with E-state index in [0.29, 0.717) is 0 Å². The van der Waals surface area contributed by atoms with Gasteiger partial charge in [-0.3, -0.25) is 4.79 Å². The van der Waals surface area contributed by atoms with E-state index >= 15 is 0 Å². The summed E-state index contributed by atoms with van der Waals surface area (Å²) in [5, 5.41) is 12.1. The minimum absolute atomic E-state index is 0.0622. The normalized spacial score (nSPS) is 16.6. The molecule has 0 radical (unpaired) electrons. The Labute approximate surface area is 151 Å². The molecule has 2 heterocycles. The Bertz CT molecular complexity index is 731. The fourth-order valence-electron chi connectivity index (χ4n) is 2.92. The summed E-state index contributed by atoms with van der Waals surface area (Å²) in [5.74, 6) is 0.679. The Morgan fingerprint density at radius 3 is 2.72 bits per heavy atom. The van der Waals surface area contributed by atoms with Crippen molar-refractivity contribution in [3.8, 4) is 0 Å². The highest BCUT2D eigenvalue weighted by molar-refractivity contribution is 8.00. The van der Waals surface area contributed by atoms with E-state index < -0.39 is 0 Å². The van der Waals surface area contributed by atoms with Crippen LogP contribution in [0.15, 0.2) is 29.4 Å². The molecule has 1 aliphatic rings. The first kappa shape index (κ1) is 17.9. The number of benzene rings is 1. The van der Waals surface area contributed by atoms with Crippen LogP contribution in [0.2, 0.25) is 0 Å². The molecule has 25 heavy (non-hydrogen) atoms. The topological polar surface area (TPSA) is 59.8 Å². The smallest absolute Gasteiger partial charge is 0.233 e. The zero-order valence-corrected chi connectivity index (χ0v) is 15.4. The van der Waals surface area contributed by atoms with Crippen molar-refractivity contribution in [1.29, 1.82) is 0 Å². The predicted molar refractivity (Wildman–Crippen MR) is 95.9 cm³/mol. The second-order valence-corrected chi connectivity index (χ2v) is 7.71. The van der Waals surface area contributed by atoms with Gasteiger partial charge in [0.2, 0.25) is 5.91 Å². The lowest BCUT2D eigenvalue weighted by molar-refractivity contribution is -0.120. The van der Waals surface area contributed by atoms with Gasteiger partial charge in [0.15, 0.2) is 5.16 Å². The fourth-order valence-corrected chi connectivity index (χ4v) is 3.83. The fraction of sp³-hybridized carbons (Fsp3) is 0.500. The monoisotopic (exact) mass is 362 g/mol. The van der Waals surface area contributed by atoms with Gasteiger partial charge >= 0.3 is 0 Å². The van der Waals surface area contributed by atoms with Crippen molar-refractivity contribution in [1.82, 2.24) is 20.1 Å². The number of carbonyl (C=O) groups excluding carboxylic acids is 1. The number of halogens is 1. The van der Waals surface area contributed by atoms with E-state index in [4.69, 9.17) is 0 Å². The molecule has 0 bridgehead atoms. The molecule has 1 aromatic carbocycles. The second kappa shape index (κ2) is 7.99. The average Bonchev–Trinajstić information content (AvgIpc) is 2.82. The molecular formula is C18H23FN4OS. The van der Waals surface area contributed by atoms with E-state index in [0.717, 1.165) is 42.4 Å². The number of hydrogen-bond donors (Lipinski definition) is 1. The first-order valence-corrected chi connectivity index (χ1v) is 9.57. The van der Waals surface area contributed by atoms with E-state index in [2.05, 4.69) is 20.1 Å². The maximum Gasteiger partial charge on any atom is 0.233 e. The first-order chi connectivity index (χ1) is 12.0. The molecular weight excluding hydrogens is 339 g/mol. The summed E-state index contributed by atoms with van der Waals surface area (Å²) in [6.45, 7) is 4.69. The number of hydrogen-bond acceptors (Lipinski definition) is 4. The van der Waals surface area contributed by atoms with Gasteiger partial charge in [0.05, 0.1) is 11.3 Å². The standard InChI is InChI=1S/C18H23FN4OS/c1-12(14-7-9-15(19)10-8-14)20-17(24)13(2)25-18-22-21-16-6-4-3-5-11-23(16)18/h7-10,12-13H,3-6,11H2,1-2H3,(H,20,24)/t12-,13+/m0/s1. The Kier molecular flexibility index (Phi) is 5.73. The lowest BCUT2D eigenvalue weighted by atomic mass is 10.1. The Hall–Kier alpha value is -1.89. The van der Waals surface area contributed by atoms with Crippen LogP contribution < -0.4 is 5.32 Å². The third kappa shape index (κ3) is 4.39. The number of fused-ring (bicyclic) bond motifs is 1. The van der Waals surface area contributed by atoms with Gasteiger partial charge in [-0.15, -0.1) is 10.2 Å². The van der Waals surface area contributed by atoms with Crippen LogP contribution in [0.25, 0.3) is 0 Å². The van der Waals surface area contributed by atoms with Crippen LogP contribution in [0.5, 0.6) is 0 Å². The number of carbonyl (C=O) groups is 1. The van der Waals surface area contributed by atoms with Crippen LogP contribution in [-0.2, 0) is 17.8 Å². The molecule has 5 nitrogen and oxygen atoms in total. The van der Waals surface area contributed by atoms with Crippen LogP contribution in [0.4, 0.5) is 4.39 Å². The number of rotatable bonds is 5. The molecule has 3 rings (SSSR count). The molecule has 0 aliphatic carbocycles. The number of amides is 1. The van der Waals surface area contributed by atoms with Gasteiger partial charge in [0, 0.05) is 13.0 Å². The van der Waals surface area contributed by atoms with Crippen LogP contribution in [0.1, 0.15) is 50.5 Å². The predicted octanol–water partition coefficient (Wildman–Crippen LogP) is 3.50. The van der Waals surface area contributed by atoms with Gasteiger partial charge in [-0.1, -0.05) is 30.3 Å². The highest BCUT2D eigenvalue weighted by Gasteiger charge is 2.22. The Morgan fingerprint density at radius 2 is 1.96 bits per heavy atom. The number of thioether (sulfide) groups is 1. The SMILES string of the molecule is C[C@H](NC(=O)[C@@H](C)Sc1nnc2n1CCCCC2)c1ccc(F)cc1. The van der Waals surface area contributed by atoms with Crippen molar-refractivity contribution in [2.45, 2.75) is 62.5 Å². The van der Waals surface area contributed by atoms with Crippen molar-refractivity contribution in [2.24, 2.45) is 0 Å². The van der Waals surface area contributed by atoms with Gasteiger partial charge in [-0.2, -0.15) is 0 Å². The summed E-state index contributed by atoms with van der Waals surface area (Å²) in [6.07, 6.45) is 4.43. The molecule has 2 atom stereocenters. The van der Waals surface area contributed by atoms with Crippen LogP contribution >= 0.6 is 11.8 Å². The number of aryl methyl sites for hydroxylation is 1. The van der Waals surface area contributed by atoms with Gasteiger partial charge in [-0.25, -0.2) is 4.39 Å². The quantitative estimate of drug-likeness (QED) is 0.827. The molecule has 0 spiro atoms. The van der Waals surface area contributed by atoms with Crippen LogP contribution in [-0.4, -0.2) is 25.9 Å². The van der Waals surface area contributed by atoms with E-state index in [1.54, 1.807) is 12.1 Å². The van der Waals surface area contributed by atoms with Crippen LogP contribution in [0.3, 0.4) is 0 Å².